The Morgan fingerprint density at radius 3 is 3.16 bits per heavy atom. The fraction of sp³-hybridized carbons (Fsp3) is 0.231. The SMILES string of the molecule is Nc1cc2c(cc1NCCc1nccs1)NC(=O)C2. The van der Waals surface area contributed by atoms with Gasteiger partial charge in [0.25, 0.3) is 0 Å². The van der Waals surface area contributed by atoms with Gasteiger partial charge in [0, 0.05) is 30.2 Å². The number of fused-ring (bicyclic) bond motifs is 1. The first-order valence-electron chi connectivity index (χ1n) is 6.07. The van der Waals surface area contributed by atoms with Gasteiger partial charge in [-0.1, -0.05) is 0 Å². The highest BCUT2D eigenvalue weighted by molar-refractivity contribution is 7.09. The fourth-order valence-electron chi connectivity index (χ4n) is 2.13. The number of nitrogen functional groups attached to an aromatic ring is 1. The van der Waals surface area contributed by atoms with Gasteiger partial charge in [0.1, 0.15) is 0 Å². The monoisotopic (exact) mass is 274 g/mol. The molecule has 1 aromatic heterocycles. The molecule has 0 saturated carbocycles. The predicted molar refractivity (Wildman–Crippen MR) is 77.5 cm³/mol. The van der Waals surface area contributed by atoms with Crippen molar-refractivity contribution in [2.75, 3.05) is 22.9 Å². The molecule has 6 heteroatoms. The molecule has 0 unspecified atom stereocenters. The summed E-state index contributed by atoms with van der Waals surface area (Å²) in [4.78, 5) is 15.5. The molecule has 0 bridgehead atoms. The van der Waals surface area contributed by atoms with Crippen molar-refractivity contribution in [1.82, 2.24) is 4.98 Å². The summed E-state index contributed by atoms with van der Waals surface area (Å²) in [5, 5.41) is 9.17. The average Bonchev–Trinajstić information content (AvgIpc) is 2.98. The number of carbonyl (C=O) groups is 1. The molecule has 0 aliphatic carbocycles. The van der Waals surface area contributed by atoms with Gasteiger partial charge in [0.2, 0.25) is 5.91 Å². The van der Waals surface area contributed by atoms with Gasteiger partial charge in [-0.3, -0.25) is 4.79 Å². The number of amides is 1. The Morgan fingerprint density at radius 1 is 1.47 bits per heavy atom. The van der Waals surface area contributed by atoms with E-state index in [0.29, 0.717) is 12.1 Å². The molecule has 2 heterocycles. The quantitative estimate of drug-likeness (QED) is 0.744. The van der Waals surface area contributed by atoms with E-state index in [4.69, 9.17) is 5.73 Å². The molecule has 0 fully saturated rings. The lowest BCUT2D eigenvalue weighted by atomic mass is 10.1. The number of carbonyl (C=O) groups excluding carboxylic acids is 1. The van der Waals surface area contributed by atoms with Gasteiger partial charge >= 0.3 is 0 Å². The van der Waals surface area contributed by atoms with Gasteiger partial charge in [0.15, 0.2) is 0 Å². The number of aromatic nitrogens is 1. The second-order valence-corrected chi connectivity index (χ2v) is 5.40. The van der Waals surface area contributed by atoms with Crippen LogP contribution in [0, 0.1) is 0 Å². The van der Waals surface area contributed by atoms with Crippen molar-refractivity contribution in [1.29, 1.82) is 0 Å². The number of benzene rings is 1. The first-order chi connectivity index (χ1) is 9.22. The molecule has 0 saturated heterocycles. The van der Waals surface area contributed by atoms with Crippen molar-refractivity contribution in [3.8, 4) is 0 Å². The van der Waals surface area contributed by atoms with E-state index in [-0.39, 0.29) is 5.91 Å². The van der Waals surface area contributed by atoms with E-state index in [1.807, 2.05) is 17.5 Å². The molecule has 0 radical (unpaired) electrons. The van der Waals surface area contributed by atoms with E-state index in [1.165, 1.54) is 0 Å². The average molecular weight is 274 g/mol. The van der Waals surface area contributed by atoms with E-state index in [0.717, 1.165) is 34.9 Å². The highest BCUT2D eigenvalue weighted by Crippen LogP contribution is 2.31. The molecule has 3 rings (SSSR count). The number of anilines is 3. The zero-order chi connectivity index (χ0) is 13.2. The number of nitrogens with one attached hydrogen (secondary N) is 2. The third kappa shape index (κ3) is 2.53. The number of rotatable bonds is 4. The van der Waals surface area contributed by atoms with E-state index >= 15 is 0 Å². The van der Waals surface area contributed by atoms with Crippen LogP contribution in [0.5, 0.6) is 0 Å². The summed E-state index contributed by atoms with van der Waals surface area (Å²) in [5.74, 6) is 0.0225. The summed E-state index contributed by atoms with van der Waals surface area (Å²) < 4.78 is 0. The fourth-order valence-corrected chi connectivity index (χ4v) is 2.75. The van der Waals surface area contributed by atoms with E-state index < -0.39 is 0 Å². The zero-order valence-electron chi connectivity index (χ0n) is 10.3. The molecule has 1 aliphatic heterocycles. The van der Waals surface area contributed by atoms with Crippen molar-refractivity contribution in [2.45, 2.75) is 12.8 Å². The zero-order valence-corrected chi connectivity index (χ0v) is 11.1. The minimum atomic E-state index is 0.0225. The summed E-state index contributed by atoms with van der Waals surface area (Å²) in [6.07, 6.45) is 3.08. The topological polar surface area (TPSA) is 80.0 Å². The van der Waals surface area contributed by atoms with Gasteiger partial charge in [0.05, 0.1) is 22.8 Å². The maximum Gasteiger partial charge on any atom is 0.228 e. The van der Waals surface area contributed by atoms with Crippen LogP contribution in [0.1, 0.15) is 10.6 Å². The van der Waals surface area contributed by atoms with Crippen LogP contribution in [0.15, 0.2) is 23.7 Å². The van der Waals surface area contributed by atoms with Gasteiger partial charge < -0.3 is 16.4 Å². The van der Waals surface area contributed by atoms with E-state index in [1.54, 1.807) is 17.5 Å². The maximum absolute atomic E-state index is 11.3. The molecule has 1 aliphatic rings. The Bertz CT molecular complexity index is 609. The Balaban J connectivity index is 1.68. The third-order valence-electron chi connectivity index (χ3n) is 3.04. The number of nitrogens with two attached hydrogens (primary N) is 1. The summed E-state index contributed by atoms with van der Waals surface area (Å²) >= 11 is 1.64. The molecular formula is C13H14N4OS. The molecular weight excluding hydrogens is 260 g/mol. The molecule has 1 amide bonds. The van der Waals surface area contributed by atoms with Crippen LogP contribution in [-0.2, 0) is 17.6 Å². The second kappa shape index (κ2) is 4.89. The lowest BCUT2D eigenvalue weighted by molar-refractivity contribution is -0.115. The molecule has 4 N–H and O–H groups in total. The smallest absolute Gasteiger partial charge is 0.228 e. The third-order valence-corrected chi connectivity index (χ3v) is 3.88. The Hall–Kier alpha value is -2.08. The Kier molecular flexibility index (Phi) is 3.08. The number of hydrogen-bond acceptors (Lipinski definition) is 5. The summed E-state index contributed by atoms with van der Waals surface area (Å²) in [6, 6.07) is 3.76. The molecule has 19 heavy (non-hydrogen) atoms. The van der Waals surface area contributed by atoms with Gasteiger partial charge in [-0.15, -0.1) is 11.3 Å². The van der Waals surface area contributed by atoms with Crippen molar-refractivity contribution in [3.63, 3.8) is 0 Å². The Morgan fingerprint density at radius 2 is 2.37 bits per heavy atom. The van der Waals surface area contributed by atoms with Crippen LogP contribution in [0.4, 0.5) is 17.1 Å². The van der Waals surface area contributed by atoms with Crippen LogP contribution in [0.2, 0.25) is 0 Å². The van der Waals surface area contributed by atoms with Crippen LogP contribution in [0.25, 0.3) is 0 Å². The highest BCUT2D eigenvalue weighted by atomic mass is 32.1. The first-order valence-corrected chi connectivity index (χ1v) is 6.95. The number of nitrogens with zero attached hydrogens (tertiary/aromatic N) is 1. The molecule has 0 spiro atoms. The molecule has 1 aromatic carbocycles. The van der Waals surface area contributed by atoms with Crippen LogP contribution < -0.4 is 16.4 Å². The standard InChI is InChI=1S/C13H14N4OS/c14-9-5-8-6-12(18)17-10(8)7-11(9)15-2-1-13-16-3-4-19-13/h3-5,7,15H,1-2,6,14H2,(H,17,18). The first kappa shape index (κ1) is 12.0. The van der Waals surface area contributed by atoms with Crippen molar-refractivity contribution >= 4 is 34.3 Å². The molecule has 5 nitrogen and oxygen atoms in total. The molecule has 0 atom stereocenters. The van der Waals surface area contributed by atoms with Crippen LogP contribution in [-0.4, -0.2) is 17.4 Å². The van der Waals surface area contributed by atoms with Crippen molar-refractivity contribution in [3.05, 3.63) is 34.3 Å². The van der Waals surface area contributed by atoms with Crippen LogP contribution >= 0.6 is 11.3 Å². The normalized spacial score (nSPS) is 13.2. The van der Waals surface area contributed by atoms with E-state index in [9.17, 15) is 4.79 Å². The summed E-state index contributed by atoms with van der Waals surface area (Å²) in [6.45, 7) is 0.768. The predicted octanol–water partition coefficient (Wildman–Crippen LogP) is 1.87. The summed E-state index contributed by atoms with van der Waals surface area (Å²) in [5.41, 5.74) is 9.34. The second-order valence-electron chi connectivity index (χ2n) is 4.42. The summed E-state index contributed by atoms with van der Waals surface area (Å²) in [7, 11) is 0. The van der Waals surface area contributed by atoms with Gasteiger partial charge in [-0.05, 0) is 17.7 Å². The van der Waals surface area contributed by atoms with Crippen molar-refractivity contribution < 1.29 is 4.79 Å². The van der Waals surface area contributed by atoms with Crippen molar-refractivity contribution in [2.24, 2.45) is 0 Å². The molecule has 2 aromatic rings. The lowest BCUT2D eigenvalue weighted by Gasteiger charge is -2.10. The highest BCUT2D eigenvalue weighted by Gasteiger charge is 2.19. The number of hydrogen-bond donors (Lipinski definition) is 3. The van der Waals surface area contributed by atoms with Gasteiger partial charge in [-0.2, -0.15) is 0 Å². The van der Waals surface area contributed by atoms with Crippen LogP contribution in [0.3, 0.4) is 0 Å². The van der Waals surface area contributed by atoms with E-state index in [2.05, 4.69) is 15.6 Å². The largest absolute Gasteiger partial charge is 0.397 e. The lowest BCUT2D eigenvalue weighted by Crippen LogP contribution is -2.07. The minimum absolute atomic E-state index is 0.0225. The molecule has 98 valence electrons. The minimum Gasteiger partial charge on any atom is -0.397 e. The number of thiazole rings is 1. The maximum atomic E-state index is 11.3. The Labute approximate surface area is 114 Å². The van der Waals surface area contributed by atoms with Gasteiger partial charge in [-0.25, -0.2) is 4.98 Å².